The summed E-state index contributed by atoms with van der Waals surface area (Å²) in [4.78, 5) is 45.4. The van der Waals surface area contributed by atoms with Gasteiger partial charge in [0, 0.05) is 27.7 Å². The molecule has 0 spiro atoms. The van der Waals surface area contributed by atoms with Gasteiger partial charge in [-0.15, -0.1) is 0 Å². The predicted molar refractivity (Wildman–Crippen MR) is 80.6 cm³/mol. The number of rotatable bonds is 8. The van der Waals surface area contributed by atoms with Crippen molar-refractivity contribution in [3.63, 3.8) is 0 Å². The van der Waals surface area contributed by atoms with Crippen LogP contribution in [0.3, 0.4) is 0 Å². The highest BCUT2D eigenvalue weighted by Crippen LogP contribution is 2.26. The summed E-state index contributed by atoms with van der Waals surface area (Å²) in [5, 5.41) is 0. The van der Waals surface area contributed by atoms with E-state index in [4.69, 9.17) is 21.8 Å². The molecule has 0 aliphatic carbocycles. The van der Waals surface area contributed by atoms with E-state index in [1.54, 1.807) is 13.8 Å². The topological polar surface area (TPSA) is 114 Å². The van der Waals surface area contributed by atoms with Crippen LogP contribution in [0.25, 0.3) is 0 Å². The molecule has 0 fully saturated rings. The fourth-order valence-electron chi connectivity index (χ4n) is 1.70. The summed E-state index contributed by atoms with van der Waals surface area (Å²) in [7, 11) is -7.75. The van der Waals surface area contributed by atoms with Crippen molar-refractivity contribution in [2.24, 2.45) is 0 Å². The van der Waals surface area contributed by atoms with E-state index in [1.165, 1.54) is 6.92 Å². The molecule has 0 saturated carbocycles. The van der Waals surface area contributed by atoms with Gasteiger partial charge in [-0.3, -0.25) is 19.2 Å². The number of hydrogen-bond acceptors (Lipinski definition) is 9. The normalized spacial score (nSPS) is 11.4. The number of carbonyl (C=O) groups excluding carboxylic acids is 4. The fraction of sp³-hybridized carbons (Fsp3) is 0.667. The van der Waals surface area contributed by atoms with Crippen molar-refractivity contribution >= 4 is 41.5 Å². The fourth-order valence-corrected chi connectivity index (χ4v) is 7.84. The van der Waals surface area contributed by atoms with Crippen molar-refractivity contribution in [3.05, 3.63) is 0 Å². The summed E-state index contributed by atoms with van der Waals surface area (Å²) in [5.74, 6) is -3.19. The van der Waals surface area contributed by atoms with Crippen LogP contribution in [0.15, 0.2) is 0 Å². The van der Waals surface area contributed by atoms with Gasteiger partial charge in [0.2, 0.25) is 0 Å². The van der Waals surface area contributed by atoms with Gasteiger partial charge in [-0.05, 0) is 12.1 Å². The van der Waals surface area contributed by atoms with E-state index < -0.39 is 41.5 Å². The van der Waals surface area contributed by atoms with E-state index >= 15 is 0 Å². The Kier molecular flexibility index (Phi) is 8.13. The van der Waals surface area contributed by atoms with E-state index in [9.17, 15) is 19.2 Å². The SMILES string of the molecule is CC[Si](CC)(OC(C)=O)O[Si](OC(C)=O)(OC(C)=O)OC(C)=O. The van der Waals surface area contributed by atoms with Crippen LogP contribution in [0, 0.1) is 0 Å². The third kappa shape index (κ3) is 7.39. The molecule has 0 bridgehead atoms. The second-order valence-corrected chi connectivity index (χ2v) is 10.5. The molecule has 0 aromatic carbocycles. The summed E-state index contributed by atoms with van der Waals surface area (Å²) in [5.41, 5.74) is 0. The lowest BCUT2D eigenvalue weighted by Gasteiger charge is -2.33. The Labute approximate surface area is 136 Å². The first-order valence-electron chi connectivity index (χ1n) is 6.98. The third-order valence-corrected chi connectivity index (χ3v) is 9.44. The van der Waals surface area contributed by atoms with Crippen LogP contribution < -0.4 is 0 Å². The first kappa shape index (κ1) is 21.3. The molecule has 132 valence electrons. The molecule has 0 aromatic rings. The molecule has 23 heavy (non-hydrogen) atoms. The molecule has 0 heterocycles. The minimum Gasteiger partial charge on any atom is -0.495 e. The van der Waals surface area contributed by atoms with Crippen LogP contribution in [0.5, 0.6) is 0 Å². The monoisotopic (exact) mass is 366 g/mol. The molecular weight excluding hydrogens is 344 g/mol. The van der Waals surface area contributed by atoms with E-state index in [-0.39, 0.29) is 12.1 Å². The molecule has 0 unspecified atom stereocenters. The molecule has 11 heteroatoms. The Hall–Kier alpha value is -1.73. The van der Waals surface area contributed by atoms with Crippen molar-refractivity contribution in [2.45, 2.75) is 53.6 Å². The van der Waals surface area contributed by atoms with Gasteiger partial charge in [0.25, 0.3) is 23.9 Å². The zero-order valence-corrected chi connectivity index (χ0v) is 16.1. The van der Waals surface area contributed by atoms with Gasteiger partial charge in [-0.25, -0.2) is 0 Å². The quantitative estimate of drug-likeness (QED) is 0.584. The minimum absolute atomic E-state index is 0.279. The highest BCUT2D eigenvalue weighted by atomic mass is 28.5. The largest absolute Gasteiger partial charge is 0.890 e. The summed E-state index contributed by atoms with van der Waals surface area (Å²) < 4.78 is 25.8. The molecular formula is C12H22O9Si2. The molecule has 9 nitrogen and oxygen atoms in total. The first-order chi connectivity index (χ1) is 10.5. The van der Waals surface area contributed by atoms with Crippen LogP contribution in [0.1, 0.15) is 41.5 Å². The van der Waals surface area contributed by atoms with Crippen LogP contribution in [0.2, 0.25) is 12.1 Å². The number of hydrogen-bond donors (Lipinski definition) is 0. The average Bonchev–Trinajstić information content (AvgIpc) is 2.34. The van der Waals surface area contributed by atoms with Crippen LogP contribution in [0.4, 0.5) is 0 Å². The second-order valence-electron chi connectivity index (χ2n) is 4.59. The Morgan fingerprint density at radius 2 is 0.957 bits per heavy atom. The summed E-state index contributed by atoms with van der Waals surface area (Å²) in [6.45, 7) is 7.74. The molecule has 0 aromatic heterocycles. The van der Waals surface area contributed by atoms with Crippen molar-refractivity contribution < 1.29 is 41.0 Å². The van der Waals surface area contributed by atoms with Crippen molar-refractivity contribution in [1.29, 1.82) is 0 Å². The first-order valence-corrected chi connectivity index (χ1v) is 10.8. The summed E-state index contributed by atoms with van der Waals surface area (Å²) >= 11 is 0. The Balaban J connectivity index is 5.84. The standard InChI is InChI=1S/C12H22O9Si2/c1-7-22(8-2,17-9(3)13)21-23(18-10(4)14,19-11(5)15)20-12(6)16/h7-8H2,1-6H3. The average molecular weight is 366 g/mol. The smallest absolute Gasteiger partial charge is 0.495 e. The van der Waals surface area contributed by atoms with Gasteiger partial charge in [0.1, 0.15) is 0 Å². The van der Waals surface area contributed by atoms with Crippen LogP contribution in [-0.4, -0.2) is 41.5 Å². The molecule has 0 aliphatic rings. The van der Waals surface area contributed by atoms with E-state index in [0.717, 1.165) is 20.8 Å². The summed E-state index contributed by atoms with van der Waals surface area (Å²) in [6, 6.07) is 0.559. The maximum Gasteiger partial charge on any atom is 0.890 e. The molecule has 0 rings (SSSR count). The molecule has 0 atom stereocenters. The molecule has 0 aliphatic heterocycles. The summed E-state index contributed by atoms with van der Waals surface area (Å²) in [6.07, 6.45) is 0. The minimum atomic E-state index is -4.49. The molecule has 0 N–H and O–H groups in total. The van der Waals surface area contributed by atoms with Gasteiger partial charge in [0.15, 0.2) is 0 Å². The Morgan fingerprint density at radius 3 is 1.17 bits per heavy atom. The van der Waals surface area contributed by atoms with Gasteiger partial charge >= 0.3 is 17.6 Å². The highest BCUT2D eigenvalue weighted by Gasteiger charge is 2.63. The molecule has 0 saturated heterocycles. The lowest BCUT2D eigenvalue weighted by Crippen LogP contribution is -2.60. The zero-order valence-electron chi connectivity index (χ0n) is 14.1. The van der Waals surface area contributed by atoms with E-state index in [0.29, 0.717) is 0 Å². The number of carbonyl (C=O) groups is 4. The van der Waals surface area contributed by atoms with Gasteiger partial charge < -0.3 is 21.8 Å². The van der Waals surface area contributed by atoms with Gasteiger partial charge in [0.05, 0.1) is 0 Å². The predicted octanol–water partition coefficient (Wildman–Crippen LogP) is 1.17. The third-order valence-electron chi connectivity index (χ3n) is 2.52. The van der Waals surface area contributed by atoms with Crippen LogP contribution >= 0.6 is 0 Å². The second kappa shape index (κ2) is 8.79. The maximum absolute atomic E-state index is 11.4. The molecule has 0 amide bonds. The highest BCUT2D eigenvalue weighted by molar-refractivity contribution is 6.78. The molecule has 0 radical (unpaired) electrons. The van der Waals surface area contributed by atoms with Crippen molar-refractivity contribution in [3.8, 4) is 0 Å². The van der Waals surface area contributed by atoms with Crippen molar-refractivity contribution in [1.82, 2.24) is 0 Å². The Bertz CT molecular complexity index is 432. The van der Waals surface area contributed by atoms with Gasteiger partial charge in [-0.2, -0.15) is 0 Å². The zero-order chi connectivity index (χ0) is 18.3. The maximum atomic E-state index is 11.4. The van der Waals surface area contributed by atoms with Crippen molar-refractivity contribution in [2.75, 3.05) is 0 Å². The van der Waals surface area contributed by atoms with E-state index in [1.807, 2.05) is 0 Å². The van der Waals surface area contributed by atoms with Crippen LogP contribution in [-0.2, 0) is 41.0 Å². The van der Waals surface area contributed by atoms with E-state index in [2.05, 4.69) is 0 Å². The lowest BCUT2D eigenvalue weighted by molar-refractivity contribution is -0.153. The lowest BCUT2D eigenvalue weighted by atomic mass is 10.9. The Morgan fingerprint density at radius 1 is 0.652 bits per heavy atom. The van der Waals surface area contributed by atoms with Gasteiger partial charge in [-0.1, -0.05) is 13.8 Å².